The zero-order chi connectivity index (χ0) is 8.10. The maximum absolute atomic E-state index is 11.0. The van der Waals surface area contributed by atoms with E-state index in [2.05, 4.69) is 10.3 Å². The number of carbonyl (C=O) groups is 1. The third-order valence-electron chi connectivity index (χ3n) is 1.40. The van der Waals surface area contributed by atoms with Crippen molar-refractivity contribution < 1.29 is 4.79 Å². The zero-order valence-electron chi connectivity index (χ0n) is 6.37. The second-order valence-electron chi connectivity index (χ2n) is 2.15. The summed E-state index contributed by atoms with van der Waals surface area (Å²) in [6.45, 7) is 0. The third-order valence-corrected chi connectivity index (χ3v) is 1.40. The molecule has 0 saturated heterocycles. The molecule has 1 heterocycles. The molecule has 0 bridgehead atoms. The van der Waals surface area contributed by atoms with Crippen LogP contribution in [-0.2, 0) is 4.79 Å². The fourth-order valence-corrected chi connectivity index (χ4v) is 0.818. The van der Waals surface area contributed by atoms with E-state index in [1.807, 2.05) is 0 Å². The molecule has 0 atom stereocenters. The Labute approximate surface area is 65.5 Å². The Morgan fingerprint density at radius 1 is 1.73 bits per heavy atom. The van der Waals surface area contributed by atoms with E-state index in [0.29, 0.717) is 6.42 Å². The Hall–Kier alpha value is -1.38. The lowest BCUT2D eigenvalue weighted by Gasteiger charge is -1.98. The highest BCUT2D eigenvalue weighted by molar-refractivity contribution is 5.96. The van der Waals surface area contributed by atoms with E-state index in [1.54, 1.807) is 31.6 Å². The van der Waals surface area contributed by atoms with Gasteiger partial charge in [-0.15, -0.1) is 0 Å². The average Bonchev–Trinajstić information content (AvgIpc) is 2.30. The summed E-state index contributed by atoms with van der Waals surface area (Å²) in [5.74, 6) is -0.0389. The summed E-state index contributed by atoms with van der Waals surface area (Å²) in [6.07, 6.45) is 7.51. The predicted octanol–water partition coefficient (Wildman–Crippen LogP) is 0.647. The highest BCUT2D eigenvalue weighted by Crippen LogP contribution is 2.02. The minimum Gasteiger partial charge on any atom is -0.355 e. The fourth-order valence-electron chi connectivity index (χ4n) is 0.818. The second-order valence-corrected chi connectivity index (χ2v) is 2.15. The second kappa shape index (κ2) is 3.71. The van der Waals surface area contributed by atoms with Crippen LogP contribution in [0.25, 0.3) is 0 Å². The molecule has 0 aromatic carbocycles. The van der Waals surface area contributed by atoms with Crippen LogP contribution < -0.4 is 5.32 Å². The van der Waals surface area contributed by atoms with Gasteiger partial charge in [0.1, 0.15) is 0 Å². The molecular formula is C8H10N2O. The third kappa shape index (κ3) is 2.04. The predicted molar refractivity (Wildman–Crippen MR) is 44.4 cm³/mol. The Kier molecular flexibility index (Phi) is 2.60. The van der Waals surface area contributed by atoms with Gasteiger partial charge in [0.2, 0.25) is 5.91 Å². The van der Waals surface area contributed by atoms with Crippen molar-refractivity contribution in [1.29, 1.82) is 0 Å². The molecule has 3 heteroatoms. The molecule has 0 spiro atoms. The van der Waals surface area contributed by atoms with Gasteiger partial charge in [0, 0.05) is 31.5 Å². The normalized spacial score (nSPS) is 15.5. The van der Waals surface area contributed by atoms with Crippen LogP contribution in [0, 0.1) is 0 Å². The van der Waals surface area contributed by atoms with Crippen LogP contribution in [0.5, 0.6) is 0 Å². The highest BCUT2D eigenvalue weighted by Gasteiger charge is 2.04. The summed E-state index contributed by atoms with van der Waals surface area (Å²) < 4.78 is 0. The van der Waals surface area contributed by atoms with Crippen molar-refractivity contribution >= 4 is 12.1 Å². The molecule has 0 aromatic heterocycles. The van der Waals surface area contributed by atoms with Crippen molar-refractivity contribution in [1.82, 2.24) is 5.32 Å². The van der Waals surface area contributed by atoms with E-state index in [9.17, 15) is 4.79 Å². The van der Waals surface area contributed by atoms with Crippen LogP contribution in [0.2, 0.25) is 0 Å². The molecule has 1 aliphatic heterocycles. The van der Waals surface area contributed by atoms with E-state index in [0.717, 1.165) is 5.57 Å². The van der Waals surface area contributed by atoms with Crippen molar-refractivity contribution in [2.24, 2.45) is 4.99 Å². The topological polar surface area (TPSA) is 41.5 Å². The summed E-state index contributed by atoms with van der Waals surface area (Å²) in [5.41, 5.74) is 0.741. The van der Waals surface area contributed by atoms with Crippen LogP contribution in [0.15, 0.2) is 28.9 Å². The first-order valence-electron chi connectivity index (χ1n) is 3.44. The Bertz CT molecular complexity index is 238. The molecular weight excluding hydrogens is 140 g/mol. The van der Waals surface area contributed by atoms with Crippen LogP contribution in [0.1, 0.15) is 6.42 Å². The molecule has 1 N–H and O–H groups in total. The first-order chi connectivity index (χ1) is 5.34. The lowest BCUT2D eigenvalue weighted by molar-refractivity contribution is -0.117. The molecule has 1 amide bonds. The van der Waals surface area contributed by atoms with Crippen LogP contribution in [0.3, 0.4) is 0 Å². The molecule has 0 aliphatic carbocycles. The number of carbonyl (C=O) groups excluding carboxylic acids is 1. The molecule has 58 valence electrons. The van der Waals surface area contributed by atoms with E-state index in [-0.39, 0.29) is 5.91 Å². The summed E-state index contributed by atoms with van der Waals surface area (Å²) in [4.78, 5) is 14.9. The lowest BCUT2D eigenvalue weighted by atomic mass is 10.2. The molecule has 0 unspecified atom stereocenters. The average molecular weight is 150 g/mol. The molecule has 0 saturated carbocycles. The van der Waals surface area contributed by atoms with Crippen LogP contribution in [-0.4, -0.2) is 19.2 Å². The summed E-state index contributed by atoms with van der Waals surface area (Å²) in [6, 6.07) is 0. The van der Waals surface area contributed by atoms with E-state index >= 15 is 0 Å². The van der Waals surface area contributed by atoms with E-state index < -0.39 is 0 Å². The van der Waals surface area contributed by atoms with Crippen LogP contribution in [0.4, 0.5) is 0 Å². The van der Waals surface area contributed by atoms with E-state index in [1.165, 1.54) is 0 Å². The largest absolute Gasteiger partial charge is 0.355 e. The number of allylic oxidation sites excluding steroid dienone is 2. The van der Waals surface area contributed by atoms with Gasteiger partial charge >= 0.3 is 0 Å². The first-order valence-corrected chi connectivity index (χ1v) is 3.44. The maximum Gasteiger partial charge on any atom is 0.247 e. The number of likely N-dealkylation sites (N-methyl/N-ethyl adjacent to an activating group) is 1. The van der Waals surface area contributed by atoms with Gasteiger partial charge in [-0.05, 0) is 6.08 Å². The SMILES string of the molecule is CNC(=O)C1=CC=CN=CC1. The van der Waals surface area contributed by atoms with Gasteiger partial charge in [0.05, 0.1) is 0 Å². The number of hydrogen-bond donors (Lipinski definition) is 1. The lowest BCUT2D eigenvalue weighted by Crippen LogP contribution is -2.20. The Balaban J connectivity index is 2.72. The Morgan fingerprint density at radius 2 is 2.55 bits per heavy atom. The number of nitrogens with zero attached hydrogens (tertiary/aromatic N) is 1. The molecule has 1 rings (SSSR count). The van der Waals surface area contributed by atoms with Crippen molar-refractivity contribution in [3.05, 3.63) is 23.9 Å². The number of hydrogen-bond acceptors (Lipinski definition) is 2. The van der Waals surface area contributed by atoms with E-state index in [4.69, 9.17) is 0 Å². The molecule has 0 aromatic rings. The highest BCUT2D eigenvalue weighted by atomic mass is 16.1. The van der Waals surface area contributed by atoms with Gasteiger partial charge in [-0.2, -0.15) is 0 Å². The van der Waals surface area contributed by atoms with Crippen molar-refractivity contribution in [3.8, 4) is 0 Å². The summed E-state index contributed by atoms with van der Waals surface area (Å²) in [5, 5.41) is 2.56. The molecule has 1 aliphatic rings. The van der Waals surface area contributed by atoms with Crippen molar-refractivity contribution in [2.45, 2.75) is 6.42 Å². The van der Waals surface area contributed by atoms with Gasteiger partial charge in [-0.3, -0.25) is 9.79 Å². The van der Waals surface area contributed by atoms with Gasteiger partial charge in [-0.1, -0.05) is 6.08 Å². The minimum absolute atomic E-state index is 0.0389. The number of amides is 1. The first kappa shape index (κ1) is 7.72. The standard InChI is InChI=1S/C8H10N2O/c1-9-8(11)7-3-2-5-10-6-4-7/h2-3,5-6H,4H2,1H3,(H,9,11). The van der Waals surface area contributed by atoms with Gasteiger partial charge < -0.3 is 5.32 Å². The maximum atomic E-state index is 11.0. The van der Waals surface area contributed by atoms with Crippen molar-refractivity contribution in [3.63, 3.8) is 0 Å². The van der Waals surface area contributed by atoms with Gasteiger partial charge in [0.25, 0.3) is 0 Å². The fraction of sp³-hybridized carbons (Fsp3) is 0.250. The summed E-state index contributed by atoms with van der Waals surface area (Å²) >= 11 is 0. The molecule has 3 nitrogen and oxygen atoms in total. The monoisotopic (exact) mass is 150 g/mol. The summed E-state index contributed by atoms with van der Waals surface area (Å²) in [7, 11) is 1.62. The number of rotatable bonds is 1. The quantitative estimate of drug-likeness (QED) is 0.585. The number of nitrogens with one attached hydrogen (secondary N) is 1. The van der Waals surface area contributed by atoms with Gasteiger partial charge in [-0.25, -0.2) is 0 Å². The van der Waals surface area contributed by atoms with Gasteiger partial charge in [0.15, 0.2) is 0 Å². The smallest absolute Gasteiger partial charge is 0.247 e. The minimum atomic E-state index is -0.0389. The Morgan fingerprint density at radius 3 is 3.27 bits per heavy atom. The molecule has 11 heavy (non-hydrogen) atoms. The zero-order valence-corrected chi connectivity index (χ0v) is 6.37. The van der Waals surface area contributed by atoms with Crippen molar-refractivity contribution in [2.75, 3.05) is 7.05 Å². The molecule has 0 fully saturated rings. The number of aliphatic imine (C=N–C) groups is 1. The molecule has 0 radical (unpaired) electrons. The van der Waals surface area contributed by atoms with Crippen LogP contribution >= 0.6 is 0 Å².